The molecule has 0 saturated carbocycles. The number of nitrogens with one attached hydrogen (secondary N) is 5. The van der Waals surface area contributed by atoms with E-state index < -0.39 is 65.7 Å². The van der Waals surface area contributed by atoms with Crippen LogP contribution in [0.3, 0.4) is 0 Å². The van der Waals surface area contributed by atoms with Gasteiger partial charge in [-0.25, -0.2) is 14.6 Å². The number of thiocarbonyl (C=S) groups is 1. The second-order valence-corrected chi connectivity index (χ2v) is 21.4. The fourth-order valence-corrected chi connectivity index (χ4v) is 10.4. The molecular formula is C56H80ClN9O13S. The fourth-order valence-electron chi connectivity index (χ4n) is 9.84. The Morgan fingerprint density at radius 1 is 1.01 bits per heavy atom. The summed E-state index contributed by atoms with van der Waals surface area (Å²) in [5.74, 6) is -1.92. The number of methoxy groups -OCH3 is 2. The molecule has 3 aromatic rings. The highest BCUT2D eigenvalue weighted by molar-refractivity contribution is 7.80. The first kappa shape index (κ1) is 63.3. The molecule has 4 heterocycles. The summed E-state index contributed by atoms with van der Waals surface area (Å²) in [4.78, 5) is 70.1. The molecule has 4 amide bonds. The lowest BCUT2D eigenvalue weighted by atomic mass is 9.83. The number of nitrogens with zero attached hydrogens (tertiary/aromatic N) is 4. The van der Waals surface area contributed by atoms with Crippen molar-refractivity contribution in [1.82, 2.24) is 41.2 Å². The lowest BCUT2D eigenvalue weighted by molar-refractivity contribution is -0.162. The number of hydrogen-bond donors (Lipinski definition) is 6. The topological polar surface area (TPSA) is 248 Å². The van der Waals surface area contributed by atoms with E-state index in [9.17, 15) is 29.1 Å². The number of anilines is 1. The van der Waals surface area contributed by atoms with E-state index in [-0.39, 0.29) is 55.9 Å². The summed E-state index contributed by atoms with van der Waals surface area (Å²) in [6.07, 6.45) is 0.892. The van der Waals surface area contributed by atoms with Crippen molar-refractivity contribution in [3.8, 4) is 5.75 Å². The number of carbonyl (C=O) groups is 5. The molecule has 0 aliphatic carbocycles. The van der Waals surface area contributed by atoms with Crippen LogP contribution in [0.2, 0.25) is 5.02 Å². The number of rotatable bonds is 23. The number of hydrogen-bond acceptors (Lipinski definition) is 16. The molecule has 6 rings (SSSR count). The molecule has 6 N–H and O–H groups in total. The maximum Gasteiger partial charge on any atom is 0.409 e. The second-order valence-electron chi connectivity index (χ2n) is 20.6. The number of para-hydroxylation sites is 1. The predicted octanol–water partition coefficient (Wildman–Crippen LogP) is 4.13. The molecule has 24 heteroatoms. The molecule has 440 valence electrons. The fraction of sp³-hybridized carbons (Fsp3) is 0.571. The van der Waals surface area contributed by atoms with Gasteiger partial charge >= 0.3 is 12.1 Å². The molecule has 22 nitrogen and oxygen atoms in total. The number of benzene rings is 2. The van der Waals surface area contributed by atoms with Crippen LogP contribution < -0.4 is 36.3 Å². The lowest BCUT2D eigenvalue weighted by Crippen LogP contribution is -2.63. The van der Waals surface area contributed by atoms with Crippen molar-refractivity contribution in [2.24, 2.45) is 5.92 Å². The van der Waals surface area contributed by atoms with Crippen LogP contribution >= 0.6 is 23.8 Å². The molecule has 2 fully saturated rings. The third-order valence-electron chi connectivity index (χ3n) is 14.9. The van der Waals surface area contributed by atoms with Crippen molar-refractivity contribution in [1.29, 1.82) is 0 Å². The highest BCUT2D eigenvalue weighted by Crippen LogP contribution is 2.49. The smallest absolute Gasteiger partial charge is 0.409 e. The monoisotopic (exact) mass is 1150 g/mol. The number of ether oxygens (including phenoxy) is 7. The Labute approximate surface area is 479 Å². The standard InChI is InChI=1S/C56H80ClN9O13S/c1-35-14-13-17-45(74-10)56(72)33-44(77-54(71)62-56)36(2)51-55(4,79-51)46(32-49(69)65(8)42-29-38(28-35)30-43(73-9)50(42)57)78-52(70)37(3)64(7)48(68)19-24-75-26-27-76-25-22-61-53(80)60-21-20-59-47(67)18-23-66-40(34-63(6)58-5)31-39-15-11-12-16-41(39)66/h11-17,29-31,36-37,44-46,51,58,72H,18-28,32-34H2,1-10H3,(H,59,67)(H,62,71)(H2,60,61,80). The number of allylic oxidation sites excluding steroid dienone is 3. The quantitative estimate of drug-likeness (QED) is 0.0257. The van der Waals surface area contributed by atoms with Crippen LogP contribution in [0, 0.1) is 5.92 Å². The van der Waals surface area contributed by atoms with Gasteiger partial charge < -0.3 is 68.6 Å². The molecule has 8 atom stereocenters. The molecule has 0 radical (unpaired) electrons. The van der Waals surface area contributed by atoms with Gasteiger partial charge in [0.25, 0.3) is 0 Å². The molecule has 1 aromatic heterocycles. The summed E-state index contributed by atoms with van der Waals surface area (Å²) in [5.41, 5.74) is 4.25. The summed E-state index contributed by atoms with van der Waals surface area (Å²) in [7, 11) is 9.79. The average molecular weight is 1150 g/mol. The maximum atomic E-state index is 14.3. The van der Waals surface area contributed by atoms with E-state index in [1.807, 2.05) is 44.2 Å². The van der Waals surface area contributed by atoms with E-state index in [0.717, 1.165) is 27.7 Å². The van der Waals surface area contributed by atoms with E-state index in [4.69, 9.17) is 57.0 Å². The Morgan fingerprint density at radius 3 is 2.45 bits per heavy atom. The van der Waals surface area contributed by atoms with Crippen LogP contribution in [0.5, 0.6) is 5.75 Å². The first-order chi connectivity index (χ1) is 38.1. The molecule has 3 aliphatic heterocycles. The normalized spacial score (nSPS) is 23.5. The van der Waals surface area contributed by atoms with Gasteiger partial charge in [0.2, 0.25) is 17.7 Å². The first-order valence-corrected chi connectivity index (χ1v) is 27.7. The third kappa shape index (κ3) is 16.6. The Kier molecular flexibility index (Phi) is 23.1. The summed E-state index contributed by atoms with van der Waals surface area (Å²) in [6.45, 7) is 10.3. The molecule has 8 unspecified atom stereocenters. The van der Waals surface area contributed by atoms with Crippen molar-refractivity contribution in [2.75, 3.05) is 93.4 Å². The van der Waals surface area contributed by atoms with Crippen LogP contribution in [-0.4, -0.2) is 185 Å². The SMILES string of the molecule is CNN(C)Cc1cc2ccccc2n1CCC(=O)NCCNC(=S)NCCOCCOCCC(=O)N(C)C(C)C(=O)OC1CC(=O)N(C)c2cc(cc(OC)c2Cl)CC(C)=CC=CC(OC)C2(O)CC(OC(=O)N2)C(C)C2OC12C. The van der Waals surface area contributed by atoms with E-state index in [1.54, 1.807) is 45.2 Å². The molecule has 80 heavy (non-hydrogen) atoms. The third-order valence-corrected chi connectivity index (χ3v) is 15.5. The maximum absolute atomic E-state index is 14.3. The number of esters is 1. The number of hydrazine groups is 1. The van der Waals surface area contributed by atoms with Gasteiger partial charge in [0.1, 0.15) is 40.7 Å². The number of aromatic nitrogens is 1. The number of alkyl carbamates (subject to hydrolysis) is 1. The number of fused-ring (bicyclic) bond motifs is 6. The molecule has 2 saturated heterocycles. The van der Waals surface area contributed by atoms with Gasteiger partial charge in [-0.3, -0.25) is 25.1 Å². The summed E-state index contributed by atoms with van der Waals surface area (Å²) in [5, 5.41) is 27.2. The van der Waals surface area contributed by atoms with Crippen LogP contribution in [0.25, 0.3) is 10.9 Å². The zero-order valence-electron chi connectivity index (χ0n) is 47.6. The number of aliphatic hydroxyl groups is 1. The molecular weight excluding hydrogens is 1070 g/mol. The summed E-state index contributed by atoms with van der Waals surface area (Å²) in [6, 6.07) is 12.8. The number of amides is 4. The highest BCUT2D eigenvalue weighted by atomic mass is 35.5. The van der Waals surface area contributed by atoms with Gasteiger partial charge in [-0.15, -0.1) is 0 Å². The zero-order valence-corrected chi connectivity index (χ0v) is 49.1. The summed E-state index contributed by atoms with van der Waals surface area (Å²) >= 11 is 12.2. The van der Waals surface area contributed by atoms with E-state index in [2.05, 4.69) is 49.5 Å². The van der Waals surface area contributed by atoms with Crippen molar-refractivity contribution in [2.45, 2.75) is 115 Å². The van der Waals surface area contributed by atoms with Crippen LogP contribution in [0.4, 0.5) is 10.5 Å². The number of halogens is 1. The van der Waals surface area contributed by atoms with Crippen molar-refractivity contribution >= 4 is 75.3 Å². The van der Waals surface area contributed by atoms with E-state index >= 15 is 0 Å². The Bertz CT molecular complexity index is 2730. The molecule has 2 aromatic carbocycles. The molecule has 3 aliphatic rings. The van der Waals surface area contributed by atoms with Gasteiger partial charge in [-0.1, -0.05) is 60.5 Å². The number of likely N-dealkylation sites (N-methyl/N-ethyl adjacent to an activating group) is 1. The Hall–Kier alpha value is -5.89. The van der Waals surface area contributed by atoms with Crippen molar-refractivity contribution in [3.05, 3.63) is 82.5 Å². The Morgan fingerprint density at radius 2 is 1.73 bits per heavy atom. The minimum atomic E-state index is -1.86. The van der Waals surface area contributed by atoms with E-state index in [1.165, 1.54) is 38.0 Å². The van der Waals surface area contributed by atoms with Crippen LogP contribution in [-0.2, 0) is 67.1 Å². The van der Waals surface area contributed by atoms with Gasteiger partial charge in [-0.05, 0) is 81.7 Å². The predicted molar refractivity (Wildman–Crippen MR) is 306 cm³/mol. The molecule has 0 spiro atoms. The molecule has 4 bridgehead atoms. The van der Waals surface area contributed by atoms with Crippen LogP contribution in [0.15, 0.2) is 66.3 Å². The zero-order chi connectivity index (χ0) is 58.3. The Balaban J connectivity index is 0.944. The minimum absolute atomic E-state index is 0.0388. The number of aryl methyl sites for hydroxylation is 1. The van der Waals surface area contributed by atoms with Crippen molar-refractivity contribution < 1.29 is 62.2 Å². The highest BCUT2D eigenvalue weighted by Gasteiger charge is 2.64. The van der Waals surface area contributed by atoms with E-state index in [0.29, 0.717) is 68.7 Å². The summed E-state index contributed by atoms with van der Waals surface area (Å²) < 4.78 is 43.0. The van der Waals surface area contributed by atoms with Crippen LogP contribution in [0.1, 0.15) is 64.6 Å². The largest absolute Gasteiger partial charge is 0.495 e. The van der Waals surface area contributed by atoms with Crippen molar-refractivity contribution in [3.63, 3.8) is 0 Å². The van der Waals surface area contributed by atoms with Gasteiger partial charge in [0, 0.05) is 84.4 Å². The van der Waals surface area contributed by atoms with Gasteiger partial charge in [0.15, 0.2) is 10.8 Å². The van der Waals surface area contributed by atoms with Gasteiger partial charge in [0.05, 0.1) is 64.7 Å². The minimum Gasteiger partial charge on any atom is -0.495 e. The average Bonchev–Trinajstić information content (AvgIpc) is 4.13. The van der Waals surface area contributed by atoms with Gasteiger partial charge in [-0.2, -0.15) is 0 Å². The lowest BCUT2D eigenvalue weighted by Gasteiger charge is -2.42. The number of carbonyl (C=O) groups excluding carboxylic acids is 5. The second kappa shape index (κ2) is 29.2. The first-order valence-electron chi connectivity index (χ1n) is 26.9. The number of epoxide rings is 1.